The van der Waals surface area contributed by atoms with Crippen molar-refractivity contribution in [1.82, 2.24) is 9.61 Å². The highest BCUT2D eigenvalue weighted by Crippen LogP contribution is 2.33. The van der Waals surface area contributed by atoms with Crippen molar-refractivity contribution in [3.8, 4) is 11.1 Å². The smallest absolute Gasteiger partial charge is 0.190 e. The monoisotopic (exact) mass is 418 g/mol. The molecule has 0 amide bonds. The van der Waals surface area contributed by atoms with E-state index in [2.05, 4.69) is 5.10 Å². The Morgan fingerprint density at radius 1 is 0.929 bits per heavy atom. The third-order valence-corrected chi connectivity index (χ3v) is 5.46. The number of benzene rings is 2. The van der Waals surface area contributed by atoms with Crippen LogP contribution in [-0.4, -0.2) is 9.61 Å². The molecular formula is C20H10ClF3N2OS. The summed E-state index contributed by atoms with van der Waals surface area (Å²) in [7, 11) is 0. The largest absolute Gasteiger partial charge is 0.289 e. The van der Waals surface area contributed by atoms with E-state index in [0.717, 1.165) is 12.1 Å². The second-order valence-corrected chi connectivity index (χ2v) is 7.30. The molecule has 0 aliphatic rings. The van der Waals surface area contributed by atoms with Gasteiger partial charge in [0.05, 0.1) is 21.7 Å². The Morgan fingerprint density at radius 2 is 1.68 bits per heavy atom. The molecule has 2 aromatic heterocycles. The van der Waals surface area contributed by atoms with Crippen LogP contribution in [0.15, 0.2) is 75.5 Å². The molecule has 0 atom stereocenters. The van der Waals surface area contributed by atoms with Gasteiger partial charge in [-0.25, -0.2) is 17.7 Å². The summed E-state index contributed by atoms with van der Waals surface area (Å²) in [6.07, 6.45) is 1.41. The SMILES string of the molecule is O=c1ccn2nc(Sc3ccc(F)cc3Cl)ccc2c1-c1c(F)cccc1F. The first kappa shape index (κ1) is 18.6. The second kappa shape index (κ2) is 7.33. The van der Waals surface area contributed by atoms with Gasteiger partial charge in [0.1, 0.15) is 22.5 Å². The Bertz CT molecular complexity index is 1260. The lowest BCUT2D eigenvalue weighted by Gasteiger charge is -2.10. The first-order chi connectivity index (χ1) is 13.4. The molecule has 2 heterocycles. The summed E-state index contributed by atoms with van der Waals surface area (Å²) in [6.45, 7) is 0. The molecule has 4 aromatic rings. The summed E-state index contributed by atoms with van der Waals surface area (Å²) in [5, 5.41) is 5.11. The molecule has 0 bridgehead atoms. The predicted molar refractivity (Wildman–Crippen MR) is 102 cm³/mol. The molecular weight excluding hydrogens is 409 g/mol. The van der Waals surface area contributed by atoms with Crippen LogP contribution in [0.3, 0.4) is 0 Å². The molecule has 0 unspecified atom stereocenters. The highest BCUT2D eigenvalue weighted by atomic mass is 35.5. The molecule has 28 heavy (non-hydrogen) atoms. The molecule has 0 radical (unpaired) electrons. The third-order valence-electron chi connectivity index (χ3n) is 4.03. The van der Waals surface area contributed by atoms with Crippen LogP contribution in [0.2, 0.25) is 5.02 Å². The maximum absolute atomic E-state index is 14.2. The van der Waals surface area contributed by atoms with E-state index >= 15 is 0 Å². The van der Waals surface area contributed by atoms with E-state index in [4.69, 9.17) is 11.6 Å². The molecule has 8 heteroatoms. The minimum atomic E-state index is -0.832. The number of rotatable bonds is 3. The van der Waals surface area contributed by atoms with Crippen molar-refractivity contribution >= 4 is 28.9 Å². The van der Waals surface area contributed by atoms with E-state index in [1.807, 2.05) is 0 Å². The van der Waals surface area contributed by atoms with Gasteiger partial charge in [0, 0.05) is 17.2 Å². The van der Waals surface area contributed by atoms with Crippen LogP contribution in [0.4, 0.5) is 13.2 Å². The fourth-order valence-corrected chi connectivity index (χ4v) is 3.86. The number of fused-ring (bicyclic) bond motifs is 1. The van der Waals surface area contributed by atoms with E-state index in [9.17, 15) is 18.0 Å². The van der Waals surface area contributed by atoms with Gasteiger partial charge < -0.3 is 0 Å². The summed E-state index contributed by atoms with van der Waals surface area (Å²) >= 11 is 7.23. The van der Waals surface area contributed by atoms with Gasteiger partial charge in [-0.2, -0.15) is 5.10 Å². The van der Waals surface area contributed by atoms with E-state index in [-0.39, 0.29) is 16.1 Å². The van der Waals surface area contributed by atoms with Crippen LogP contribution in [-0.2, 0) is 0 Å². The molecule has 0 N–H and O–H groups in total. The zero-order valence-electron chi connectivity index (χ0n) is 14.0. The van der Waals surface area contributed by atoms with Crippen LogP contribution in [0, 0.1) is 17.5 Å². The Morgan fingerprint density at radius 3 is 2.39 bits per heavy atom. The summed E-state index contributed by atoms with van der Waals surface area (Å²) in [5.74, 6) is -2.11. The van der Waals surface area contributed by atoms with Crippen LogP contribution in [0.1, 0.15) is 0 Å². The van der Waals surface area contributed by atoms with Gasteiger partial charge >= 0.3 is 0 Å². The molecule has 4 rings (SSSR count). The van der Waals surface area contributed by atoms with Crippen molar-refractivity contribution in [3.05, 3.63) is 93.5 Å². The standard InChI is InChI=1S/C20H10ClF3N2OS/c21-12-10-11(22)4-6-17(12)28-18-7-5-15-20(16(27)8-9-26(15)25-18)19-13(23)2-1-3-14(19)24/h1-10H. The number of hydrogen-bond donors (Lipinski definition) is 0. The van der Waals surface area contributed by atoms with Gasteiger partial charge in [-0.3, -0.25) is 4.79 Å². The van der Waals surface area contributed by atoms with Crippen LogP contribution in [0.25, 0.3) is 16.6 Å². The lowest BCUT2D eigenvalue weighted by molar-refractivity contribution is 0.589. The van der Waals surface area contributed by atoms with Gasteiger partial charge in [0.25, 0.3) is 0 Å². The molecule has 140 valence electrons. The number of nitrogens with zero attached hydrogens (tertiary/aromatic N) is 2. The zero-order chi connectivity index (χ0) is 19.8. The average molecular weight is 419 g/mol. The van der Waals surface area contributed by atoms with Gasteiger partial charge in [-0.15, -0.1) is 0 Å². The minimum Gasteiger partial charge on any atom is -0.289 e. The highest BCUT2D eigenvalue weighted by molar-refractivity contribution is 7.99. The topological polar surface area (TPSA) is 34.4 Å². The first-order valence-corrected chi connectivity index (χ1v) is 9.23. The Kier molecular flexibility index (Phi) is 4.87. The van der Waals surface area contributed by atoms with Crippen molar-refractivity contribution in [3.63, 3.8) is 0 Å². The lowest BCUT2D eigenvalue weighted by Crippen LogP contribution is -2.10. The minimum absolute atomic E-state index is 0.109. The Balaban J connectivity index is 1.84. The summed E-state index contributed by atoms with van der Waals surface area (Å²) in [5.41, 5.74) is -0.768. The second-order valence-electron chi connectivity index (χ2n) is 5.83. The van der Waals surface area contributed by atoms with Crippen molar-refractivity contribution in [1.29, 1.82) is 0 Å². The van der Waals surface area contributed by atoms with Gasteiger partial charge in [0.2, 0.25) is 0 Å². The summed E-state index contributed by atoms with van der Waals surface area (Å²) in [6, 6.07) is 11.8. The maximum atomic E-state index is 14.2. The first-order valence-electron chi connectivity index (χ1n) is 8.04. The fraction of sp³-hybridized carbons (Fsp3) is 0. The van der Waals surface area contributed by atoms with Crippen molar-refractivity contribution < 1.29 is 13.2 Å². The van der Waals surface area contributed by atoms with Crippen molar-refractivity contribution in [2.45, 2.75) is 9.92 Å². The van der Waals surface area contributed by atoms with E-state index < -0.39 is 28.4 Å². The van der Waals surface area contributed by atoms with Crippen LogP contribution >= 0.6 is 23.4 Å². The Hall–Kier alpha value is -2.77. The van der Waals surface area contributed by atoms with Gasteiger partial charge in [-0.1, -0.05) is 29.4 Å². The molecule has 0 saturated carbocycles. The molecule has 0 spiro atoms. The van der Waals surface area contributed by atoms with Gasteiger partial charge in [-0.05, 0) is 42.5 Å². The number of halogens is 4. The van der Waals surface area contributed by atoms with Crippen LogP contribution in [0.5, 0.6) is 0 Å². The molecule has 0 saturated heterocycles. The third kappa shape index (κ3) is 3.39. The zero-order valence-corrected chi connectivity index (χ0v) is 15.6. The van der Waals surface area contributed by atoms with Crippen molar-refractivity contribution in [2.24, 2.45) is 0 Å². The van der Waals surface area contributed by atoms with Crippen LogP contribution < -0.4 is 5.43 Å². The fourth-order valence-electron chi connectivity index (χ4n) is 2.79. The molecule has 2 aromatic carbocycles. The molecule has 0 fully saturated rings. The predicted octanol–water partition coefficient (Wildman–Crippen LogP) is 5.58. The maximum Gasteiger partial charge on any atom is 0.190 e. The summed E-state index contributed by atoms with van der Waals surface area (Å²) in [4.78, 5) is 13.0. The normalized spacial score (nSPS) is 11.1. The molecule has 0 aliphatic carbocycles. The Labute approximate surface area is 166 Å². The lowest BCUT2D eigenvalue weighted by atomic mass is 10.0. The highest BCUT2D eigenvalue weighted by Gasteiger charge is 2.18. The summed E-state index contributed by atoms with van der Waals surface area (Å²) < 4.78 is 43.0. The van der Waals surface area contributed by atoms with E-state index in [1.54, 1.807) is 12.1 Å². The number of aromatic nitrogens is 2. The van der Waals surface area contributed by atoms with Gasteiger partial charge in [0.15, 0.2) is 5.43 Å². The van der Waals surface area contributed by atoms with E-state index in [1.165, 1.54) is 52.8 Å². The number of hydrogen-bond acceptors (Lipinski definition) is 3. The molecule has 0 aliphatic heterocycles. The average Bonchev–Trinajstić information content (AvgIpc) is 2.65. The van der Waals surface area contributed by atoms with E-state index in [0.29, 0.717) is 9.92 Å². The quantitative estimate of drug-likeness (QED) is 0.435. The number of pyridine rings is 1. The van der Waals surface area contributed by atoms with Crippen molar-refractivity contribution in [2.75, 3.05) is 0 Å². The molecule has 3 nitrogen and oxygen atoms in total.